The van der Waals surface area contributed by atoms with Gasteiger partial charge in [0.2, 0.25) is 0 Å². The summed E-state index contributed by atoms with van der Waals surface area (Å²) in [7, 11) is 0. The second kappa shape index (κ2) is 5.67. The van der Waals surface area contributed by atoms with E-state index in [-0.39, 0.29) is 24.4 Å². The Balaban J connectivity index is 2.92. The summed E-state index contributed by atoms with van der Waals surface area (Å²) < 4.78 is 13.8. The molecule has 0 spiro atoms. The van der Waals surface area contributed by atoms with Crippen LogP contribution in [-0.4, -0.2) is 17.8 Å². The normalized spacial score (nSPS) is 12.9. The third-order valence-electron chi connectivity index (χ3n) is 2.43. The molecule has 0 fully saturated rings. The largest absolute Gasteiger partial charge is 0.397 e. The molecule has 0 radical (unpaired) electrons. The molecule has 0 aliphatic rings. The number of aliphatic hydroxyl groups excluding tert-OH is 1. The number of nitrogens with two attached hydrogens (primary N) is 1. The summed E-state index contributed by atoms with van der Waals surface area (Å²) in [4.78, 5) is 0. The molecule has 0 saturated heterocycles. The van der Waals surface area contributed by atoms with E-state index in [9.17, 15) is 9.50 Å². The Hall–Kier alpha value is -0.560. The first-order valence-electron chi connectivity index (χ1n) is 5.07. The van der Waals surface area contributed by atoms with Gasteiger partial charge in [-0.15, -0.1) is 0 Å². The minimum absolute atomic E-state index is 0.00921. The molecular weight excluding hydrogens is 322 g/mol. The molecule has 0 aliphatic carbocycles. The molecule has 0 amide bonds. The van der Waals surface area contributed by atoms with Gasteiger partial charge in [-0.3, -0.25) is 0 Å². The van der Waals surface area contributed by atoms with Gasteiger partial charge in [-0.1, -0.05) is 13.8 Å². The molecule has 90 valence electrons. The average Bonchev–Trinajstić information content (AvgIpc) is 2.21. The van der Waals surface area contributed by atoms with Crippen molar-refractivity contribution in [3.63, 3.8) is 0 Å². The van der Waals surface area contributed by atoms with E-state index in [0.717, 1.165) is 0 Å². The average molecular weight is 338 g/mol. The van der Waals surface area contributed by atoms with Crippen LogP contribution in [0.1, 0.15) is 13.8 Å². The number of halogens is 2. The highest BCUT2D eigenvalue weighted by atomic mass is 127. The van der Waals surface area contributed by atoms with E-state index in [2.05, 4.69) is 5.32 Å². The maximum atomic E-state index is 13.3. The van der Waals surface area contributed by atoms with Crippen LogP contribution in [0.3, 0.4) is 0 Å². The molecule has 4 N–H and O–H groups in total. The highest BCUT2D eigenvalue weighted by molar-refractivity contribution is 14.1. The lowest BCUT2D eigenvalue weighted by atomic mass is 10.0. The molecule has 0 aromatic heterocycles. The zero-order valence-electron chi connectivity index (χ0n) is 9.30. The first-order valence-corrected chi connectivity index (χ1v) is 6.15. The summed E-state index contributed by atoms with van der Waals surface area (Å²) in [5.74, 6) is -0.0653. The molecule has 0 saturated carbocycles. The summed E-state index contributed by atoms with van der Waals surface area (Å²) in [5.41, 5.74) is 6.80. The fraction of sp³-hybridized carbons (Fsp3) is 0.455. The number of aliphatic hydroxyl groups is 1. The lowest BCUT2D eigenvalue weighted by Gasteiger charge is -2.22. The predicted molar refractivity (Wildman–Crippen MR) is 72.9 cm³/mol. The molecule has 0 unspecified atom stereocenters. The number of nitrogen functional groups attached to an aromatic ring is 1. The minimum atomic E-state index is -0.308. The van der Waals surface area contributed by atoms with Crippen molar-refractivity contribution >= 4 is 34.0 Å². The van der Waals surface area contributed by atoms with Crippen molar-refractivity contribution in [1.29, 1.82) is 0 Å². The SMILES string of the molecule is CC(C)[C@@H](CO)Nc1cc(F)c(I)cc1N. The molecule has 1 aromatic carbocycles. The fourth-order valence-corrected chi connectivity index (χ4v) is 1.80. The van der Waals surface area contributed by atoms with Crippen LogP contribution in [0, 0.1) is 15.3 Å². The number of hydrogen-bond donors (Lipinski definition) is 3. The van der Waals surface area contributed by atoms with Crippen LogP contribution in [-0.2, 0) is 0 Å². The van der Waals surface area contributed by atoms with E-state index in [1.807, 2.05) is 36.4 Å². The van der Waals surface area contributed by atoms with Crippen molar-refractivity contribution in [3.8, 4) is 0 Å². The van der Waals surface area contributed by atoms with E-state index in [1.165, 1.54) is 6.07 Å². The minimum Gasteiger partial charge on any atom is -0.397 e. The lowest BCUT2D eigenvalue weighted by Crippen LogP contribution is -2.29. The summed E-state index contributed by atoms with van der Waals surface area (Å²) >= 11 is 1.89. The van der Waals surface area contributed by atoms with Crippen LogP contribution in [0.2, 0.25) is 0 Å². The summed E-state index contributed by atoms with van der Waals surface area (Å²) in [6, 6.07) is 2.82. The number of rotatable bonds is 4. The Kier molecular flexibility index (Phi) is 4.79. The fourth-order valence-electron chi connectivity index (χ4n) is 1.31. The third kappa shape index (κ3) is 3.21. The van der Waals surface area contributed by atoms with Gasteiger partial charge in [0.1, 0.15) is 5.82 Å². The Morgan fingerprint density at radius 3 is 2.62 bits per heavy atom. The summed E-state index contributed by atoms with van der Waals surface area (Å²) in [5, 5.41) is 12.2. The van der Waals surface area contributed by atoms with E-state index < -0.39 is 0 Å². The Morgan fingerprint density at radius 2 is 2.12 bits per heavy atom. The molecule has 1 aromatic rings. The quantitative estimate of drug-likeness (QED) is 0.584. The van der Waals surface area contributed by atoms with Crippen molar-refractivity contribution in [2.24, 2.45) is 5.92 Å². The van der Waals surface area contributed by atoms with Crippen LogP contribution < -0.4 is 11.1 Å². The summed E-state index contributed by atoms with van der Waals surface area (Å²) in [6.07, 6.45) is 0. The maximum Gasteiger partial charge on any atom is 0.138 e. The number of benzene rings is 1. The Bertz CT molecular complexity index is 371. The van der Waals surface area contributed by atoms with Gasteiger partial charge in [0.05, 0.1) is 27.6 Å². The first kappa shape index (κ1) is 13.5. The van der Waals surface area contributed by atoms with Gasteiger partial charge < -0.3 is 16.2 Å². The van der Waals surface area contributed by atoms with E-state index in [1.54, 1.807) is 6.07 Å². The zero-order valence-corrected chi connectivity index (χ0v) is 11.5. The molecule has 1 rings (SSSR count). The van der Waals surface area contributed by atoms with Crippen LogP contribution in [0.25, 0.3) is 0 Å². The van der Waals surface area contributed by atoms with Gasteiger partial charge in [0.25, 0.3) is 0 Å². The first-order chi connectivity index (χ1) is 7.45. The molecule has 3 nitrogen and oxygen atoms in total. The van der Waals surface area contributed by atoms with Crippen LogP contribution in [0.15, 0.2) is 12.1 Å². The topological polar surface area (TPSA) is 58.3 Å². The maximum absolute atomic E-state index is 13.3. The molecule has 0 aliphatic heterocycles. The molecular formula is C11H16FIN2O. The summed E-state index contributed by atoms with van der Waals surface area (Å²) in [6.45, 7) is 3.95. The monoisotopic (exact) mass is 338 g/mol. The van der Waals surface area contributed by atoms with E-state index in [4.69, 9.17) is 5.73 Å². The molecule has 1 atom stereocenters. The highest BCUT2D eigenvalue weighted by Crippen LogP contribution is 2.25. The van der Waals surface area contributed by atoms with Crippen molar-refractivity contribution < 1.29 is 9.50 Å². The molecule has 16 heavy (non-hydrogen) atoms. The Labute approximate surface area is 108 Å². The van der Waals surface area contributed by atoms with Crippen LogP contribution in [0.5, 0.6) is 0 Å². The predicted octanol–water partition coefficient (Wildman–Crippen LogP) is 2.44. The van der Waals surface area contributed by atoms with E-state index in [0.29, 0.717) is 14.9 Å². The van der Waals surface area contributed by atoms with Gasteiger partial charge in [-0.2, -0.15) is 0 Å². The third-order valence-corrected chi connectivity index (χ3v) is 3.26. The van der Waals surface area contributed by atoms with Gasteiger partial charge in [0, 0.05) is 6.07 Å². The number of nitrogens with one attached hydrogen (secondary N) is 1. The molecule has 0 bridgehead atoms. The Morgan fingerprint density at radius 1 is 1.50 bits per heavy atom. The molecule has 0 heterocycles. The van der Waals surface area contributed by atoms with Gasteiger partial charge in [0.15, 0.2) is 0 Å². The molecule has 5 heteroatoms. The van der Waals surface area contributed by atoms with Crippen molar-refractivity contribution in [1.82, 2.24) is 0 Å². The standard InChI is InChI=1S/C11H16FIN2O/c1-6(2)11(5-16)15-10-3-7(12)8(13)4-9(10)14/h3-4,6,11,15-16H,5,14H2,1-2H3/t11-/m1/s1. The number of anilines is 2. The number of hydrogen-bond acceptors (Lipinski definition) is 3. The van der Waals surface area contributed by atoms with Gasteiger partial charge in [-0.25, -0.2) is 4.39 Å². The lowest BCUT2D eigenvalue weighted by molar-refractivity contribution is 0.249. The smallest absolute Gasteiger partial charge is 0.138 e. The highest BCUT2D eigenvalue weighted by Gasteiger charge is 2.14. The zero-order chi connectivity index (χ0) is 12.3. The second-order valence-electron chi connectivity index (χ2n) is 4.03. The van der Waals surface area contributed by atoms with Crippen molar-refractivity contribution in [3.05, 3.63) is 21.5 Å². The van der Waals surface area contributed by atoms with Crippen molar-refractivity contribution in [2.45, 2.75) is 19.9 Å². The van der Waals surface area contributed by atoms with Gasteiger partial charge >= 0.3 is 0 Å². The van der Waals surface area contributed by atoms with Gasteiger partial charge in [-0.05, 0) is 34.6 Å². The van der Waals surface area contributed by atoms with Crippen molar-refractivity contribution in [2.75, 3.05) is 17.7 Å². The second-order valence-corrected chi connectivity index (χ2v) is 5.19. The van der Waals surface area contributed by atoms with E-state index >= 15 is 0 Å². The van der Waals surface area contributed by atoms with Crippen LogP contribution in [0.4, 0.5) is 15.8 Å². The van der Waals surface area contributed by atoms with Crippen LogP contribution >= 0.6 is 22.6 Å².